The third-order valence-electron chi connectivity index (χ3n) is 4.08. The first-order valence-corrected chi connectivity index (χ1v) is 7.89. The second kappa shape index (κ2) is 6.43. The number of benzene rings is 1. The van der Waals surface area contributed by atoms with Crippen molar-refractivity contribution >= 4 is 28.6 Å². The highest BCUT2D eigenvalue weighted by atomic mass is 16.5. The number of carbonyl (C=O) groups is 2. The average molecular weight is 341 g/mol. The molecule has 1 atom stereocenters. The lowest BCUT2D eigenvalue weighted by atomic mass is 10.1. The van der Waals surface area contributed by atoms with E-state index in [2.05, 4.69) is 15.5 Å². The Morgan fingerprint density at radius 3 is 2.68 bits per heavy atom. The molecule has 0 fully saturated rings. The molecule has 3 rings (SSSR count). The molecular formula is C18H19N3O4. The maximum absolute atomic E-state index is 12.3. The summed E-state index contributed by atoms with van der Waals surface area (Å²) in [7, 11) is 0. The third kappa shape index (κ3) is 3.40. The molecule has 0 aliphatic heterocycles. The molecule has 0 saturated carbocycles. The fraction of sp³-hybridized carbons (Fsp3) is 0.278. The second-order valence-electron chi connectivity index (χ2n) is 5.99. The van der Waals surface area contributed by atoms with Gasteiger partial charge in [0.2, 0.25) is 0 Å². The van der Waals surface area contributed by atoms with Crippen LogP contribution < -0.4 is 5.32 Å². The van der Waals surface area contributed by atoms with Crippen molar-refractivity contribution in [1.82, 2.24) is 10.1 Å². The van der Waals surface area contributed by atoms with Crippen molar-refractivity contribution in [3.63, 3.8) is 0 Å². The summed E-state index contributed by atoms with van der Waals surface area (Å²) in [4.78, 5) is 27.7. The van der Waals surface area contributed by atoms with Gasteiger partial charge >= 0.3 is 5.97 Å². The number of nitrogens with zero attached hydrogens (tertiary/aromatic N) is 1. The molecule has 0 saturated heterocycles. The fourth-order valence-corrected chi connectivity index (χ4v) is 2.52. The van der Waals surface area contributed by atoms with Crippen LogP contribution in [0.25, 0.3) is 10.9 Å². The minimum Gasteiger partial charge on any atom is -0.449 e. The minimum atomic E-state index is -0.964. The number of aromatic amines is 1. The van der Waals surface area contributed by atoms with E-state index in [-0.39, 0.29) is 5.82 Å². The van der Waals surface area contributed by atoms with Crippen LogP contribution in [0.15, 0.2) is 28.8 Å². The van der Waals surface area contributed by atoms with E-state index in [1.54, 1.807) is 25.1 Å². The van der Waals surface area contributed by atoms with Crippen LogP contribution >= 0.6 is 0 Å². The van der Waals surface area contributed by atoms with Gasteiger partial charge in [-0.05, 0) is 51.5 Å². The molecule has 3 aromatic rings. The zero-order chi connectivity index (χ0) is 18.1. The maximum Gasteiger partial charge on any atom is 0.338 e. The molecule has 2 heterocycles. The van der Waals surface area contributed by atoms with Crippen LogP contribution in [0.1, 0.15) is 34.3 Å². The number of hydrogen-bond donors (Lipinski definition) is 2. The van der Waals surface area contributed by atoms with Crippen LogP contribution in [0.2, 0.25) is 0 Å². The van der Waals surface area contributed by atoms with Gasteiger partial charge in [-0.15, -0.1) is 0 Å². The normalized spacial score (nSPS) is 12.2. The van der Waals surface area contributed by atoms with Gasteiger partial charge < -0.3 is 19.6 Å². The molecule has 0 spiro atoms. The Morgan fingerprint density at radius 1 is 1.24 bits per heavy atom. The lowest BCUT2D eigenvalue weighted by Gasteiger charge is -2.12. The molecule has 1 aromatic carbocycles. The van der Waals surface area contributed by atoms with E-state index < -0.39 is 18.0 Å². The van der Waals surface area contributed by atoms with Gasteiger partial charge in [0.15, 0.2) is 11.9 Å². The van der Waals surface area contributed by atoms with E-state index in [0.29, 0.717) is 11.3 Å². The van der Waals surface area contributed by atoms with Crippen molar-refractivity contribution in [3.8, 4) is 0 Å². The molecule has 2 aromatic heterocycles. The quantitative estimate of drug-likeness (QED) is 0.710. The number of rotatable bonds is 4. The fourth-order valence-electron chi connectivity index (χ4n) is 2.52. The number of aromatic nitrogens is 2. The highest BCUT2D eigenvalue weighted by Gasteiger charge is 2.20. The number of hydrogen-bond acceptors (Lipinski definition) is 5. The van der Waals surface area contributed by atoms with E-state index >= 15 is 0 Å². The summed E-state index contributed by atoms with van der Waals surface area (Å²) >= 11 is 0. The van der Waals surface area contributed by atoms with E-state index in [9.17, 15) is 9.59 Å². The predicted octanol–water partition coefficient (Wildman–Crippen LogP) is 3.27. The molecule has 2 N–H and O–H groups in total. The summed E-state index contributed by atoms with van der Waals surface area (Å²) in [5.41, 5.74) is 3.48. The van der Waals surface area contributed by atoms with Crippen molar-refractivity contribution in [3.05, 3.63) is 46.8 Å². The Labute approximate surface area is 144 Å². The van der Waals surface area contributed by atoms with Gasteiger partial charge in [-0.1, -0.05) is 5.16 Å². The number of nitrogens with one attached hydrogen (secondary N) is 2. The molecule has 7 heteroatoms. The smallest absolute Gasteiger partial charge is 0.338 e. The van der Waals surface area contributed by atoms with Crippen molar-refractivity contribution < 1.29 is 18.8 Å². The summed E-state index contributed by atoms with van der Waals surface area (Å²) in [5.74, 6) is -0.175. The number of aryl methyl sites for hydroxylation is 3. The molecule has 7 nitrogen and oxygen atoms in total. The summed E-state index contributed by atoms with van der Waals surface area (Å²) in [6.07, 6.45) is -0.964. The van der Waals surface area contributed by atoms with Crippen LogP contribution in [0.3, 0.4) is 0 Å². The van der Waals surface area contributed by atoms with Crippen molar-refractivity contribution in [2.45, 2.75) is 33.8 Å². The minimum absolute atomic E-state index is 0.283. The lowest BCUT2D eigenvalue weighted by molar-refractivity contribution is -0.123. The third-order valence-corrected chi connectivity index (χ3v) is 4.08. The molecule has 1 amide bonds. The lowest BCUT2D eigenvalue weighted by Crippen LogP contribution is -2.30. The van der Waals surface area contributed by atoms with Gasteiger partial charge in [-0.2, -0.15) is 0 Å². The Hall–Kier alpha value is -3.09. The van der Waals surface area contributed by atoms with Crippen LogP contribution in [0.5, 0.6) is 0 Å². The number of ether oxygens (including phenoxy) is 1. The first-order valence-electron chi connectivity index (χ1n) is 7.89. The number of amides is 1. The van der Waals surface area contributed by atoms with Crippen molar-refractivity contribution in [2.24, 2.45) is 0 Å². The van der Waals surface area contributed by atoms with Crippen molar-refractivity contribution in [1.29, 1.82) is 0 Å². The largest absolute Gasteiger partial charge is 0.449 e. The molecule has 1 unspecified atom stereocenters. The zero-order valence-corrected chi connectivity index (χ0v) is 14.5. The Bertz CT molecular complexity index is 955. The highest BCUT2D eigenvalue weighted by molar-refractivity contribution is 5.99. The van der Waals surface area contributed by atoms with Crippen LogP contribution in [0.4, 0.5) is 5.82 Å². The number of fused-ring (bicyclic) bond motifs is 1. The SMILES string of the molecule is Cc1cc(NC(=O)C(C)OC(=O)c2ccc3[nH]c(C)c(C)c3c2)no1. The standard InChI is InChI=1S/C18H19N3O4/c1-9-7-16(21-25-9)20-17(22)12(4)24-18(23)13-5-6-15-14(8-13)10(2)11(3)19-15/h5-8,12,19H,1-4H3,(H,20,21,22). The first-order chi connectivity index (χ1) is 11.8. The van der Waals surface area contributed by atoms with Gasteiger partial charge in [-0.3, -0.25) is 4.79 Å². The number of carbonyl (C=O) groups excluding carboxylic acids is 2. The van der Waals surface area contributed by atoms with Crippen LogP contribution in [-0.4, -0.2) is 28.1 Å². The number of H-pyrrole nitrogens is 1. The topological polar surface area (TPSA) is 97.2 Å². The Balaban J connectivity index is 1.70. The predicted molar refractivity (Wildman–Crippen MR) is 92.5 cm³/mol. The molecule has 25 heavy (non-hydrogen) atoms. The molecule has 0 bridgehead atoms. The van der Waals surface area contributed by atoms with Crippen molar-refractivity contribution in [2.75, 3.05) is 5.32 Å². The van der Waals surface area contributed by atoms with Gasteiger partial charge in [0.1, 0.15) is 5.76 Å². The van der Waals surface area contributed by atoms with E-state index in [1.807, 2.05) is 19.9 Å². The second-order valence-corrected chi connectivity index (χ2v) is 5.99. The van der Waals surface area contributed by atoms with Gasteiger partial charge in [0.05, 0.1) is 5.56 Å². The molecule has 0 aliphatic rings. The molecule has 130 valence electrons. The summed E-state index contributed by atoms with van der Waals surface area (Å²) < 4.78 is 10.1. The van der Waals surface area contributed by atoms with Gasteiger partial charge in [0, 0.05) is 22.7 Å². The van der Waals surface area contributed by atoms with Gasteiger partial charge in [0.25, 0.3) is 5.91 Å². The monoisotopic (exact) mass is 341 g/mol. The molecular weight excluding hydrogens is 322 g/mol. The van der Waals surface area contributed by atoms with Gasteiger partial charge in [-0.25, -0.2) is 4.79 Å². The van der Waals surface area contributed by atoms with E-state index in [4.69, 9.17) is 9.26 Å². The number of anilines is 1. The average Bonchev–Trinajstić information content (AvgIpc) is 3.10. The molecule has 0 radical (unpaired) electrons. The van der Waals surface area contributed by atoms with Crippen LogP contribution in [0, 0.1) is 20.8 Å². The molecule has 0 aliphatic carbocycles. The Morgan fingerprint density at radius 2 is 2.00 bits per heavy atom. The highest BCUT2D eigenvalue weighted by Crippen LogP contribution is 2.23. The number of esters is 1. The zero-order valence-electron chi connectivity index (χ0n) is 14.5. The van der Waals surface area contributed by atoms with E-state index in [1.165, 1.54) is 6.92 Å². The summed E-state index contributed by atoms with van der Waals surface area (Å²) in [6.45, 7) is 7.18. The van der Waals surface area contributed by atoms with Crippen LogP contribution in [-0.2, 0) is 9.53 Å². The summed E-state index contributed by atoms with van der Waals surface area (Å²) in [5, 5.41) is 7.17. The summed E-state index contributed by atoms with van der Waals surface area (Å²) in [6, 6.07) is 6.85. The maximum atomic E-state index is 12.3. The Kier molecular flexibility index (Phi) is 4.31. The van der Waals surface area contributed by atoms with E-state index in [0.717, 1.165) is 22.2 Å². The first kappa shape index (κ1) is 16.8.